The zero-order valence-corrected chi connectivity index (χ0v) is 10.3. The molecule has 0 aliphatic heterocycles. The van der Waals surface area contributed by atoms with Crippen LogP contribution in [0.3, 0.4) is 0 Å². The highest BCUT2D eigenvalue weighted by atomic mass is 16.4. The van der Waals surface area contributed by atoms with E-state index in [0.717, 1.165) is 22.5 Å². The van der Waals surface area contributed by atoms with Crippen LogP contribution >= 0.6 is 0 Å². The van der Waals surface area contributed by atoms with Crippen LogP contribution in [0.4, 0.5) is 0 Å². The van der Waals surface area contributed by atoms with Crippen molar-refractivity contribution in [3.05, 3.63) is 41.3 Å². The van der Waals surface area contributed by atoms with Gasteiger partial charge in [-0.05, 0) is 19.4 Å². The number of aliphatic carboxylic acids is 1. The number of nitrogens with two attached hydrogens (primary N) is 1. The standard InChI is InChI=1S/C13H15N3O2/c1-7-5-3-4-6-9(7)11-8(2)15-12(16-11)10(14)13(17)18/h3-6,10H,14H2,1-2H3,(H,15,16)(H,17,18). The second-order valence-electron chi connectivity index (χ2n) is 4.23. The molecule has 0 saturated carbocycles. The number of aromatic nitrogens is 2. The van der Waals surface area contributed by atoms with Gasteiger partial charge in [-0.2, -0.15) is 0 Å². The molecule has 5 nitrogen and oxygen atoms in total. The van der Waals surface area contributed by atoms with E-state index in [1.807, 2.05) is 38.1 Å². The number of carboxylic acid groups (broad SMARTS) is 1. The van der Waals surface area contributed by atoms with Crippen LogP contribution in [-0.2, 0) is 4.79 Å². The molecule has 0 amide bonds. The number of imidazole rings is 1. The van der Waals surface area contributed by atoms with Gasteiger partial charge in [-0.25, -0.2) is 4.98 Å². The molecule has 0 spiro atoms. The van der Waals surface area contributed by atoms with Crippen molar-refractivity contribution in [1.29, 1.82) is 0 Å². The Morgan fingerprint density at radius 1 is 1.39 bits per heavy atom. The van der Waals surface area contributed by atoms with Crippen molar-refractivity contribution in [3.8, 4) is 11.3 Å². The van der Waals surface area contributed by atoms with Gasteiger partial charge in [-0.1, -0.05) is 24.3 Å². The second kappa shape index (κ2) is 4.62. The van der Waals surface area contributed by atoms with Crippen LogP contribution in [0, 0.1) is 13.8 Å². The molecule has 2 aromatic rings. The molecule has 18 heavy (non-hydrogen) atoms. The molecule has 0 bridgehead atoms. The van der Waals surface area contributed by atoms with Crippen molar-refractivity contribution in [2.45, 2.75) is 19.9 Å². The maximum atomic E-state index is 10.8. The minimum absolute atomic E-state index is 0.276. The highest BCUT2D eigenvalue weighted by Crippen LogP contribution is 2.25. The summed E-state index contributed by atoms with van der Waals surface area (Å²) >= 11 is 0. The lowest BCUT2D eigenvalue weighted by atomic mass is 10.1. The third-order valence-electron chi connectivity index (χ3n) is 2.86. The first kappa shape index (κ1) is 12.3. The summed E-state index contributed by atoms with van der Waals surface area (Å²) in [6, 6.07) is 6.69. The zero-order chi connectivity index (χ0) is 13.3. The topological polar surface area (TPSA) is 92.0 Å². The number of nitrogens with one attached hydrogen (secondary N) is 1. The monoisotopic (exact) mass is 245 g/mol. The van der Waals surface area contributed by atoms with E-state index in [0.29, 0.717) is 0 Å². The fraction of sp³-hybridized carbons (Fsp3) is 0.231. The molecule has 0 aliphatic carbocycles. The summed E-state index contributed by atoms with van der Waals surface area (Å²) in [6.07, 6.45) is 0. The zero-order valence-electron chi connectivity index (χ0n) is 10.3. The number of benzene rings is 1. The van der Waals surface area contributed by atoms with Gasteiger partial charge in [0.2, 0.25) is 0 Å². The number of carbonyl (C=O) groups is 1. The van der Waals surface area contributed by atoms with Gasteiger partial charge < -0.3 is 15.8 Å². The maximum Gasteiger partial charge on any atom is 0.328 e. The van der Waals surface area contributed by atoms with E-state index >= 15 is 0 Å². The van der Waals surface area contributed by atoms with E-state index in [1.165, 1.54) is 0 Å². The molecule has 1 aromatic heterocycles. The van der Waals surface area contributed by atoms with Crippen LogP contribution in [0.25, 0.3) is 11.3 Å². The van der Waals surface area contributed by atoms with Crippen LogP contribution in [0.2, 0.25) is 0 Å². The Kier molecular flexibility index (Phi) is 3.16. The second-order valence-corrected chi connectivity index (χ2v) is 4.23. The van der Waals surface area contributed by atoms with Gasteiger partial charge in [0.15, 0.2) is 6.04 Å². The number of H-pyrrole nitrogens is 1. The SMILES string of the molecule is Cc1ccccc1-c1nc(C(N)C(=O)O)[nH]c1C. The third kappa shape index (κ3) is 2.12. The normalized spacial score (nSPS) is 12.4. The Morgan fingerprint density at radius 2 is 2.06 bits per heavy atom. The third-order valence-corrected chi connectivity index (χ3v) is 2.86. The summed E-state index contributed by atoms with van der Waals surface area (Å²) in [5.41, 5.74) is 9.18. The first-order valence-electron chi connectivity index (χ1n) is 5.61. The van der Waals surface area contributed by atoms with E-state index in [4.69, 9.17) is 10.8 Å². The van der Waals surface area contributed by atoms with Crippen molar-refractivity contribution in [2.75, 3.05) is 0 Å². The van der Waals surface area contributed by atoms with Crippen LogP contribution in [0.1, 0.15) is 23.1 Å². The highest BCUT2D eigenvalue weighted by molar-refractivity contribution is 5.75. The molecule has 0 aliphatic rings. The minimum Gasteiger partial charge on any atom is -0.480 e. The van der Waals surface area contributed by atoms with Crippen molar-refractivity contribution < 1.29 is 9.90 Å². The lowest BCUT2D eigenvalue weighted by molar-refractivity contribution is -0.138. The van der Waals surface area contributed by atoms with Crippen LogP contribution in [-0.4, -0.2) is 21.0 Å². The molecule has 1 heterocycles. The molecular formula is C13H15N3O2. The fourth-order valence-corrected chi connectivity index (χ4v) is 1.85. The van der Waals surface area contributed by atoms with Gasteiger partial charge in [-0.15, -0.1) is 0 Å². The first-order valence-corrected chi connectivity index (χ1v) is 5.61. The Morgan fingerprint density at radius 3 is 2.67 bits per heavy atom. The van der Waals surface area contributed by atoms with E-state index in [1.54, 1.807) is 0 Å². The molecule has 1 atom stereocenters. The average molecular weight is 245 g/mol. The van der Waals surface area contributed by atoms with E-state index in [9.17, 15) is 4.79 Å². The van der Waals surface area contributed by atoms with Crippen LogP contribution in [0.5, 0.6) is 0 Å². The smallest absolute Gasteiger partial charge is 0.328 e. The molecule has 1 unspecified atom stereocenters. The van der Waals surface area contributed by atoms with Gasteiger partial charge in [-0.3, -0.25) is 4.79 Å². The Labute approximate surface area is 105 Å². The summed E-state index contributed by atoms with van der Waals surface area (Å²) in [5.74, 6) is -0.821. The maximum absolute atomic E-state index is 10.8. The molecular weight excluding hydrogens is 230 g/mol. The molecule has 94 valence electrons. The van der Waals surface area contributed by atoms with Gasteiger partial charge >= 0.3 is 5.97 Å². The lowest BCUT2D eigenvalue weighted by Crippen LogP contribution is -2.21. The van der Waals surface area contributed by atoms with Gasteiger partial charge in [0.1, 0.15) is 5.82 Å². The number of carboxylic acids is 1. The number of hydrogen-bond acceptors (Lipinski definition) is 3. The lowest BCUT2D eigenvalue weighted by Gasteiger charge is -2.03. The number of aromatic amines is 1. The number of nitrogens with zero attached hydrogens (tertiary/aromatic N) is 1. The quantitative estimate of drug-likeness (QED) is 0.768. The van der Waals surface area contributed by atoms with Crippen molar-refractivity contribution >= 4 is 5.97 Å². The van der Waals surface area contributed by atoms with Crippen molar-refractivity contribution in [3.63, 3.8) is 0 Å². The Balaban J connectivity index is 2.48. The summed E-state index contributed by atoms with van der Waals surface area (Å²) in [4.78, 5) is 18.1. The summed E-state index contributed by atoms with van der Waals surface area (Å²) in [7, 11) is 0. The van der Waals surface area contributed by atoms with Crippen LogP contribution < -0.4 is 5.73 Å². The summed E-state index contributed by atoms with van der Waals surface area (Å²) < 4.78 is 0. The molecule has 0 fully saturated rings. The number of aryl methyl sites for hydroxylation is 2. The predicted molar refractivity (Wildman–Crippen MR) is 68.1 cm³/mol. The minimum atomic E-state index is -1.12. The van der Waals surface area contributed by atoms with Crippen LogP contribution in [0.15, 0.2) is 24.3 Å². The van der Waals surface area contributed by atoms with E-state index in [-0.39, 0.29) is 5.82 Å². The van der Waals surface area contributed by atoms with Gasteiger partial charge in [0.25, 0.3) is 0 Å². The molecule has 2 rings (SSSR count). The summed E-state index contributed by atoms with van der Waals surface area (Å²) in [6.45, 7) is 3.84. The van der Waals surface area contributed by atoms with Gasteiger partial charge in [0, 0.05) is 11.3 Å². The van der Waals surface area contributed by atoms with E-state index < -0.39 is 12.0 Å². The number of hydrogen-bond donors (Lipinski definition) is 3. The van der Waals surface area contributed by atoms with E-state index in [2.05, 4.69) is 9.97 Å². The molecule has 1 aromatic carbocycles. The van der Waals surface area contributed by atoms with Gasteiger partial charge in [0.05, 0.1) is 5.69 Å². The largest absolute Gasteiger partial charge is 0.480 e. The molecule has 0 radical (unpaired) electrons. The molecule has 0 saturated heterocycles. The average Bonchev–Trinajstić information content (AvgIpc) is 2.71. The molecule has 4 N–H and O–H groups in total. The first-order chi connectivity index (χ1) is 8.50. The molecule has 5 heteroatoms. The Bertz CT molecular complexity index is 590. The van der Waals surface area contributed by atoms with Crippen molar-refractivity contribution in [2.24, 2.45) is 5.73 Å². The van der Waals surface area contributed by atoms with Crippen molar-refractivity contribution in [1.82, 2.24) is 9.97 Å². The predicted octanol–water partition coefficient (Wildman–Crippen LogP) is 1.78. The Hall–Kier alpha value is -2.14. The highest BCUT2D eigenvalue weighted by Gasteiger charge is 2.20. The fourth-order valence-electron chi connectivity index (χ4n) is 1.85. The summed E-state index contributed by atoms with van der Waals surface area (Å²) in [5, 5.41) is 8.88. The number of rotatable bonds is 3.